The average molecular weight is 474 g/mol. The van der Waals surface area contributed by atoms with Crippen molar-refractivity contribution in [2.24, 2.45) is 0 Å². The lowest BCUT2D eigenvalue weighted by atomic mass is 9.96. The van der Waals surface area contributed by atoms with Crippen LogP contribution in [0.5, 0.6) is 17.2 Å². The molecule has 0 fully saturated rings. The van der Waals surface area contributed by atoms with E-state index in [9.17, 15) is 9.18 Å². The van der Waals surface area contributed by atoms with Crippen LogP contribution in [-0.4, -0.2) is 19.8 Å². The van der Waals surface area contributed by atoms with Gasteiger partial charge in [0.1, 0.15) is 17.1 Å². The molecule has 0 atom stereocenters. The van der Waals surface area contributed by atoms with Crippen LogP contribution in [0.4, 0.5) is 4.39 Å². The summed E-state index contributed by atoms with van der Waals surface area (Å²) in [6.45, 7) is 4.33. The standard InChI is InChI=1S/C28H24FNO5/c1-16(10-26(31)30-13-18-4-9-24-25(11-18)35-15-34-24)21-12-22-23(19-5-7-20(29)8-6-19)14-33-28(22)17(2)27(21)32-3/h4-12,14H,13,15H2,1-3H3,(H,30,31)/b16-10+. The van der Waals surface area contributed by atoms with Crippen LogP contribution in [0.2, 0.25) is 0 Å². The molecule has 1 aliphatic heterocycles. The second-order valence-electron chi connectivity index (χ2n) is 8.35. The first kappa shape index (κ1) is 22.5. The fourth-order valence-electron chi connectivity index (χ4n) is 4.29. The number of fused-ring (bicyclic) bond motifs is 2. The quantitative estimate of drug-likeness (QED) is 0.348. The largest absolute Gasteiger partial charge is 0.496 e. The van der Waals surface area contributed by atoms with Gasteiger partial charge in [0.15, 0.2) is 11.5 Å². The van der Waals surface area contributed by atoms with E-state index in [1.165, 1.54) is 12.1 Å². The van der Waals surface area contributed by atoms with Crippen molar-refractivity contribution in [2.45, 2.75) is 20.4 Å². The predicted molar refractivity (Wildman–Crippen MR) is 131 cm³/mol. The number of benzene rings is 3. The number of amides is 1. The molecule has 1 N–H and O–H groups in total. The molecule has 0 saturated carbocycles. The number of nitrogens with one attached hydrogen (secondary N) is 1. The molecule has 0 spiro atoms. The molecule has 5 rings (SSSR count). The molecule has 3 aromatic carbocycles. The van der Waals surface area contributed by atoms with Gasteiger partial charge in [-0.15, -0.1) is 0 Å². The zero-order valence-corrected chi connectivity index (χ0v) is 19.6. The molecule has 6 nitrogen and oxygen atoms in total. The van der Waals surface area contributed by atoms with Gasteiger partial charge in [-0.2, -0.15) is 0 Å². The van der Waals surface area contributed by atoms with Gasteiger partial charge >= 0.3 is 0 Å². The fraction of sp³-hybridized carbons (Fsp3) is 0.179. The summed E-state index contributed by atoms with van der Waals surface area (Å²) in [6.07, 6.45) is 3.21. The number of rotatable bonds is 6. The molecule has 0 unspecified atom stereocenters. The first-order valence-electron chi connectivity index (χ1n) is 11.1. The Labute approximate surface area is 201 Å². The van der Waals surface area contributed by atoms with Gasteiger partial charge in [-0.1, -0.05) is 18.2 Å². The van der Waals surface area contributed by atoms with Crippen LogP contribution < -0.4 is 19.5 Å². The highest BCUT2D eigenvalue weighted by Crippen LogP contribution is 2.40. The molecule has 178 valence electrons. The minimum absolute atomic E-state index is 0.207. The average Bonchev–Trinajstić information content (AvgIpc) is 3.50. The number of aryl methyl sites for hydroxylation is 1. The molecule has 1 aliphatic rings. The normalized spacial score (nSPS) is 12.7. The maximum atomic E-state index is 13.4. The predicted octanol–water partition coefficient (Wildman–Crippen LogP) is 6.00. The summed E-state index contributed by atoms with van der Waals surface area (Å²) in [5.41, 5.74) is 5.61. The van der Waals surface area contributed by atoms with Gasteiger partial charge in [-0.3, -0.25) is 4.79 Å². The lowest BCUT2D eigenvalue weighted by Gasteiger charge is -2.13. The maximum absolute atomic E-state index is 13.4. The van der Waals surface area contributed by atoms with Crippen LogP contribution in [-0.2, 0) is 11.3 Å². The van der Waals surface area contributed by atoms with E-state index in [0.29, 0.717) is 29.4 Å². The van der Waals surface area contributed by atoms with Crippen LogP contribution >= 0.6 is 0 Å². The van der Waals surface area contributed by atoms with Gasteiger partial charge in [-0.25, -0.2) is 4.39 Å². The van der Waals surface area contributed by atoms with Crippen molar-refractivity contribution in [2.75, 3.05) is 13.9 Å². The maximum Gasteiger partial charge on any atom is 0.244 e. The smallest absolute Gasteiger partial charge is 0.244 e. The Kier molecular flexibility index (Phi) is 5.91. The Bertz CT molecular complexity index is 1450. The van der Waals surface area contributed by atoms with Crippen LogP contribution in [0, 0.1) is 12.7 Å². The molecule has 0 saturated heterocycles. The number of carbonyl (C=O) groups is 1. The monoisotopic (exact) mass is 473 g/mol. The third-order valence-corrected chi connectivity index (χ3v) is 6.08. The zero-order valence-electron chi connectivity index (χ0n) is 19.6. The summed E-state index contributed by atoms with van der Waals surface area (Å²) in [4.78, 5) is 12.7. The van der Waals surface area contributed by atoms with Crippen LogP contribution in [0.1, 0.15) is 23.6 Å². The van der Waals surface area contributed by atoms with Crippen molar-refractivity contribution in [1.82, 2.24) is 5.32 Å². The van der Waals surface area contributed by atoms with E-state index in [0.717, 1.165) is 38.8 Å². The lowest BCUT2D eigenvalue weighted by molar-refractivity contribution is -0.116. The van der Waals surface area contributed by atoms with E-state index < -0.39 is 0 Å². The second-order valence-corrected chi connectivity index (χ2v) is 8.35. The van der Waals surface area contributed by atoms with E-state index in [1.54, 1.807) is 31.6 Å². The molecular formula is C28H24FNO5. The van der Waals surface area contributed by atoms with Crippen LogP contribution in [0.15, 0.2) is 65.3 Å². The third-order valence-electron chi connectivity index (χ3n) is 6.08. The van der Waals surface area contributed by atoms with Gasteiger partial charge in [0.25, 0.3) is 0 Å². The molecule has 0 radical (unpaired) electrons. The van der Waals surface area contributed by atoms with E-state index >= 15 is 0 Å². The Morgan fingerprint density at radius 2 is 1.89 bits per heavy atom. The van der Waals surface area contributed by atoms with Crippen LogP contribution in [0.25, 0.3) is 27.7 Å². The van der Waals surface area contributed by atoms with E-state index in [-0.39, 0.29) is 18.5 Å². The summed E-state index contributed by atoms with van der Waals surface area (Å²) in [5, 5.41) is 3.77. The molecule has 0 bridgehead atoms. The van der Waals surface area contributed by atoms with E-state index in [2.05, 4.69) is 5.32 Å². The van der Waals surface area contributed by atoms with Crippen molar-refractivity contribution in [1.29, 1.82) is 0 Å². The van der Waals surface area contributed by atoms with Gasteiger partial charge in [0, 0.05) is 34.7 Å². The highest BCUT2D eigenvalue weighted by Gasteiger charge is 2.19. The zero-order chi connectivity index (χ0) is 24.5. The number of allylic oxidation sites excluding steroid dienone is 1. The summed E-state index contributed by atoms with van der Waals surface area (Å²) in [5.74, 6) is 1.48. The number of methoxy groups -OCH3 is 1. The summed E-state index contributed by atoms with van der Waals surface area (Å²) in [6, 6.07) is 13.8. The number of carbonyl (C=O) groups excluding carboxylic acids is 1. The minimum Gasteiger partial charge on any atom is -0.496 e. The highest BCUT2D eigenvalue weighted by atomic mass is 19.1. The summed E-state index contributed by atoms with van der Waals surface area (Å²) in [7, 11) is 1.59. The fourth-order valence-corrected chi connectivity index (χ4v) is 4.29. The SMILES string of the molecule is COc1c(/C(C)=C/C(=O)NCc2ccc3c(c2)OCO3)cc2c(-c3ccc(F)cc3)coc2c1C. The summed E-state index contributed by atoms with van der Waals surface area (Å²) < 4.78 is 35.7. The van der Waals surface area contributed by atoms with Crippen LogP contribution in [0.3, 0.4) is 0 Å². The molecular weight excluding hydrogens is 449 g/mol. The number of furan rings is 1. The Hall–Kier alpha value is -4.26. The Morgan fingerprint density at radius 3 is 2.66 bits per heavy atom. The highest BCUT2D eigenvalue weighted by molar-refractivity contribution is 6.01. The minimum atomic E-state index is -0.300. The molecule has 4 aromatic rings. The molecule has 2 heterocycles. The van der Waals surface area contributed by atoms with Crippen molar-refractivity contribution >= 4 is 22.4 Å². The molecule has 1 aromatic heterocycles. The molecule has 7 heteroatoms. The van der Waals surface area contributed by atoms with E-state index in [1.807, 2.05) is 38.1 Å². The molecule has 0 aliphatic carbocycles. The van der Waals surface area contributed by atoms with E-state index in [4.69, 9.17) is 18.6 Å². The number of hydrogen-bond acceptors (Lipinski definition) is 5. The first-order chi connectivity index (χ1) is 16.9. The molecule has 1 amide bonds. The second kappa shape index (κ2) is 9.18. The first-order valence-corrected chi connectivity index (χ1v) is 11.1. The van der Waals surface area contributed by atoms with Crippen molar-refractivity contribution < 1.29 is 27.8 Å². The van der Waals surface area contributed by atoms with Gasteiger partial charge in [-0.05, 0) is 60.9 Å². The van der Waals surface area contributed by atoms with Gasteiger partial charge in [0.05, 0.1) is 13.4 Å². The van der Waals surface area contributed by atoms with Gasteiger partial charge < -0.3 is 23.9 Å². The lowest BCUT2D eigenvalue weighted by Crippen LogP contribution is -2.20. The van der Waals surface area contributed by atoms with Crippen molar-refractivity contribution in [3.8, 4) is 28.4 Å². The number of halogens is 1. The molecule has 35 heavy (non-hydrogen) atoms. The van der Waals surface area contributed by atoms with Gasteiger partial charge in [0.2, 0.25) is 12.7 Å². The summed E-state index contributed by atoms with van der Waals surface area (Å²) >= 11 is 0. The van der Waals surface area contributed by atoms with Crippen molar-refractivity contribution in [3.05, 3.63) is 83.4 Å². The Morgan fingerprint density at radius 1 is 1.11 bits per heavy atom. The third kappa shape index (κ3) is 4.33. The Balaban J connectivity index is 1.43. The number of ether oxygens (including phenoxy) is 3. The topological polar surface area (TPSA) is 69.9 Å². The van der Waals surface area contributed by atoms with Crippen molar-refractivity contribution in [3.63, 3.8) is 0 Å². The number of hydrogen-bond donors (Lipinski definition) is 1.